The number of nitrogens with zero attached hydrogens (tertiary/aromatic N) is 3. The van der Waals surface area contributed by atoms with Crippen molar-refractivity contribution < 1.29 is 26.4 Å². The molecule has 2 aromatic carbocycles. The fourth-order valence-electron chi connectivity index (χ4n) is 3.56. The van der Waals surface area contributed by atoms with Crippen molar-refractivity contribution in [1.82, 2.24) is 19.4 Å². The number of carbonyl (C=O) groups excluding carboxylic acids is 1. The van der Waals surface area contributed by atoms with Gasteiger partial charge in [-0.3, -0.25) is 9.89 Å². The molecule has 168 valence electrons. The molecule has 1 N–H and O–H groups in total. The molecule has 0 unspecified atom stereocenters. The van der Waals surface area contributed by atoms with Crippen LogP contribution in [0.2, 0.25) is 0 Å². The van der Waals surface area contributed by atoms with Crippen LogP contribution in [-0.4, -0.2) is 59.9 Å². The van der Waals surface area contributed by atoms with Crippen molar-refractivity contribution in [3.8, 4) is 11.3 Å². The maximum atomic E-state index is 13.0. The summed E-state index contributed by atoms with van der Waals surface area (Å²) in [5, 5.41) is 6.78. The zero-order valence-corrected chi connectivity index (χ0v) is 17.5. The molecule has 1 amide bonds. The summed E-state index contributed by atoms with van der Waals surface area (Å²) in [6.07, 6.45) is -3.21. The highest BCUT2D eigenvalue weighted by molar-refractivity contribution is 7.89. The van der Waals surface area contributed by atoms with E-state index in [0.29, 0.717) is 17.3 Å². The van der Waals surface area contributed by atoms with Crippen LogP contribution in [0.15, 0.2) is 65.7 Å². The molecule has 1 aliphatic heterocycles. The zero-order valence-electron chi connectivity index (χ0n) is 16.7. The third kappa shape index (κ3) is 4.26. The van der Waals surface area contributed by atoms with Gasteiger partial charge in [-0.1, -0.05) is 36.4 Å². The lowest BCUT2D eigenvalue weighted by Gasteiger charge is -2.34. The van der Waals surface area contributed by atoms with Crippen LogP contribution in [0.25, 0.3) is 11.3 Å². The SMILES string of the molecule is O=C(c1cn[nH]c1-c1ccccc1)N1CCN(S(=O)(=O)c2cccc(C(F)(F)F)c2)CC1. The monoisotopic (exact) mass is 464 g/mol. The molecular weight excluding hydrogens is 445 g/mol. The highest BCUT2D eigenvalue weighted by Gasteiger charge is 2.35. The molecule has 0 aliphatic carbocycles. The number of H-pyrrole nitrogens is 1. The number of benzene rings is 2. The predicted octanol–water partition coefficient (Wildman–Crippen LogP) is 3.24. The molecule has 11 heteroatoms. The zero-order chi connectivity index (χ0) is 22.9. The number of alkyl halides is 3. The molecule has 1 aliphatic rings. The molecule has 3 aromatic rings. The lowest BCUT2D eigenvalue weighted by molar-refractivity contribution is -0.137. The van der Waals surface area contributed by atoms with E-state index in [4.69, 9.17) is 0 Å². The van der Waals surface area contributed by atoms with Gasteiger partial charge in [0, 0.05) is 31.7 Å². The number of carbonyl (C=O) groups is 1. The minimum absolute atomic E-state index is 0.0250. The first-order valence-corrected chi connectivity index (χ1v) is 11.2. The van der Waals surface area contributed by atoms with Gasteiger partial charge in [-0.15, -0.1) is 0 Å². The van der Waals surface area contributed by atoms with Crippen molar-refractivity contribution in [2.24, 2.45) is 0 Å². The van der Waals surface area contributed by atoms with Crippen LogP contribution in [0.5, 0.6) is 0 Å². The minimum atomic E-state index is -4.64. The van der Waals surface area contributed by atoms with Gasteiger partial charge in [0.1, 0.15) is 0 Å². The van der Waals surface area contributed by atoms with E-state index in [0.717, 1.165) is 28.1 Å². The van der Waals surface area contributed by atoms with Gasteiger partial charge in [0.2, 0.25) is 10.0 Å². The summed E-state index contributed by atoms with van der Waals surface area (Å²) in [5.41, 5.74) is 0.694. The largest absolute Gasteiger partial charge is 0.416 e. The van der Waals surface area contributed by atoms with Crippen LogP contribution >= 0.6 is 0 Å². The summed E-state index contributed by atoms with van der Waals surface area (Å²) < 4.78 is 65.7. The quantitative estimate of drug-likeness (QED) is 0.642. The molecule has 0 atom stereocenters. The standard InChI is InChI=1S/C21H19F3N4O3S/c22-21(23,24)16-7-4-8-17(13-16)32(30,31)28-11-9-27(10-12-28)20(29)18-14-25-26-19(18)15-5-2-1-3-6-15/h1-8,13-14H,9-12H2,(H,25,26). The van der Waals surface area contributed by atoms with Crippen molar-refractivity contribution >= 4 is 15.9 Å². The van der Waals surface area contributed by atoms with Gasteiger partial charge in [0.25, 0.3) is 5.91 Å². The number of piperazine rings is 1. The second-order valence-electron chi connectivity index (χ2n) is 7.25. The van der Waals surface area contributed by atoms with Crippen LogP contribution in [-0.2, 0) is 16.2 Å². The van der Waals surface area contributed by atoms with Gasteiger partial charge < -0.3 is 4.90 Å². The highest BCUT2D eigenvalue weighted by atomic mass is 32.2. The van der Waals surface area contributed by atoms with E-state index in [1.807, 2.05) is 30.3 Å². The summed E-state index contributed by atoms with van der Waals surface area (Å²) in [4.78, 5) is 14.1. The summed E-state index contributed by atoms with van der Waals surface area (Å²) in [7, 11) is -4.12. The average Bonchev–Trinajstić information content (AvgIpc) is 3.29. The first kappa shape index (κ1) is 22.0. The third-order valence-electron chi connectivity index (χ3n) is 5.26. The van der Waals surface area contributed by atoms with E-state index in [1.54, 1.807) is 0 Å². The van der Waals surface area contributed by atoms with Gasteiger partial charge in [-0.2, -0.15) is 22.6 Å². The first-order chi connectivity index (χ1) is 15.2. The topological polar surface area (TPSA) is 86.4 Å². The summed E-state index contributed by atoms with van der Waals surface area (Å²) in [6, 6.07) is 12.9. The number of halogens is 3. The Morgan fingerprint density at radius 2 is 1.66 bits per heavy atom. The molecule has 32 heavy (non-hydrogen) atoms. The Hall–Kier alpha value is -3.18. The summed E-state index contributed by atoms with van der Waals surface area (Å²) in [6.45, 7) is 0.165. The van der Waals surface area contributed by atoms with Gasteiger partial charge in [0.05, 0.1) is 27.9 Å². The molecule has 0 bridgehead atoms. The Bertz CT molecular complexity index is 1220. The number of rotatable bonds is 4. The second-order valence-corrected chi connectivity index (χ2v) is 9.18. The van der Waals surface area contributed by atoms with Crippen molar-refractivity contribution in [2.75, 3.05) is 26.2 Å². The molecule has 1 fully saturated rings. The lowest BCUT2D eigenvalue weighted by Crippen LogP contribution is -2.50. The third-order valence-corrected chi connectivity index (χ3v) is 7.15. The molecule has 0 radical (unpaired) electrons. The number of hydrogen-bond donors (Lipinski definition) is 1. The molecule has 4 rings (SSSR count). The van der Waals surface area contributed by atoms with Crippen molar-refractivity contribution in [3.63, 3.8) is 0 Å². The van der Waals surface area contributed by atoms with E-state index in [2.05, 4.69) is 10.2 Å². The normalized spacial score (nSPS) is 15.7. The Morgan fingerprint density at radius 3 is 2.31 bits per heavy atom. The summed E-state index contributed by atoms with van der Waals surface area (Å²) >= 11 is 0. The second kappa shape index (κ2) is 8.40. The van der Waals surface area contributed by atoms with Gasteiger partial charge in [0.15, 0.2) is 0 Å². The van der Waals surface area contributed by atoms with Crippen LogP contribution in [0.4, 0.5) is 13.2 Å². The number of amides is 1. The number of aromatic nitrogens is 2. The highest BCUT2D eigenvalue weighted by Crippen LogP contribution is 2.31. The van der Waals surface area contributed by atoms with Crippen molar-refractivity contribution in [2.45, 2.75) is 11.1 Å². The minimum Gasteiger partial charge on any atom is -0.336 e. The fourth-order valence-corrected chi connectivity index (χ4v) is 5.03. The Morgan fingerprint density at radius 1 is 0.969 bits per heavy atom. The van der Waals surface area contributed by atoms with Crippen LogP contribution in [0, 0.1) is 0 Å². The molecule has 0 spiro atoms. The Labute approximate surface area is 182 Å². The Balaban J connectivity index is 1.48. The molecule has 7 nitrogen and oxygen atoms in total. The predicted molar refractivity (Wildman–Crippen MR) is 110 cm³/mol. The maximum Gasteiger partial charge on any atom is 0.416 e. The van der Waals surface area contributed by atoms with Gasteiger partial charge in [-0.25, -0.2) is 8.42 Å². The smallest absolute Gasteiger partial charge is 0.336 e. The number of aromatic amines is 1. The van der Waals surface area contributed by atoms with E-state index < -0.39 is 26.7 Å². The van der Waals surface area contributed by atoms with Crippen LogP contribution < -0.4 is 0 Å². The first-order valence-electron chi connectivity index (χ1n) is 9.73. The number of nitrogens with one attached hydrogen (secondary N) is 1. The molecular formula is C21H19F3N4O3S. The molecule has 1 saturated heterocycles. The average molecular weight is 464 g/mol. The number of hydrogen-bond acceptors (Lipinski definition) is 4. The lowest BCUT2D eigenvalue weighted by atomic mass is 10.1. The van der Waals surface area contributed by atoms with E-state index in [-0.39, 0.29) is 32.1 Å². The number of sulfonamides is 1. The van der Waals surface area contributed by atoms with Gasteiger partial charge in [-0.05, 0) is 18.2 Å². The van der Waals surface area contributed by atoms with E-state index in [9.17, 15) is 26.4 Å². The van der Waals surface area contributed by atoms with E-state index >= 15 is 0 Å². The van der Waals surface area contributed by atoms with Crippen LogP contribution in [0.1, 0.15) is 15.9 Å². The Kier molecular flexibility index (Phi) is 5.78. The summed E-state index contributed by atoms with van der Waals surface area (Å²) in [5.74, 6) is -0.297. The fraction of sp³-hybridized carbons (Fsp3) is 0.238. The maximum absolute atomic E-state index is 13.0. The molecule has 2 heterocycles. The van der Waals surface area contributed by atoms with Crippen LogP contribution in [0.3, 0.4) is 0 Å². The van der Waals surface area contributed by atoms with Crippen molar-refractivity contribution in [1.29, 1.82) is 0 Å². The van der Waals surface area contributed by atoms with E-state index in [1.165, 1.54) is 11.1 Å². The van der Waals surface area contributed by atoms with Crippen molar-refractivity contribution in [3.05, 3.63) is 71.9 Å². The molecule has 0 saturated carbocycles. The van der Waals surface area contributed by atoms with Gasteiger partial charge >= 0.3 is 6.18 Å². The molecule has 1 aromatic heterocycles.